The maximum atomic E-state index is 12.8. The Labute approximate surface area is 189 Å². The third kappa shape index (κ3) is 9.20. The molecule has 0 aliphatic heterocycles. The molecular weight excluding hydrogens is 410 g/mol. The Morgan fingerprint density at radius 2 is 1.53 bits per heavy atom. The van der Waals surface area contributed by atoms with Crippen LogP contribution < -0.4 is 5.32 Å². The second kappa shape index (κ2) is 11.9. The van der Waals surface area contributed by atoms with Crippen LogP contribution in [0.5, 0.6) is 0 Å². The topological polar surface area (TPSA) is 90.9 Å². The molecule has 2 rings (SSSR count). The summed E-state index contributed by atoms with van der Waals surface area (Å²) in [5, 5.41) is 2.62. The standard InChI is InChI=1S/C25H31NO6/c1-25(2,3)32-24(29)26-21(23(28)31-17-20-8-6-5-7-9-20)16-19-12-10-18(11-13-19)14-15-22(27)30-4/h5-13,21H,14-17H2,1-4H3,(H,26,29)/t21-/m0/s1. The van der Waals surface area contributed by atoms with Gasteiger partial charge in [-0.05, 0) is 43.9 Å². The van der Waals surface area contributed by atoms with Crippen LogP contribution in [0, 0.1) is 0 Å². The van der Waals surface area contributed by atoms with Crippen LogP contribution in [-0.4, -0.2) is 36.8 Å². The number of rotatable bonds is 9. The van der Waals surface area contributed by atoms with Crippen molar-refractivity contribution in [1.82, 2.24) is 5.32 Å². The number of aryl methyl sites for hydroxylation is 1. The van der Waals surface area contributed by atoms with Crippen molar-refractivity contribution in [2.24, 2.45) is 0 Å². The zero-order valence-electron chi connectivity index (χ0n) is 19.1. The Morgan fingerprint density at radius 3 is 2.12 bits per heavy atom. The zero-order chi connectivity index (χ0) is 23.6. The molecule has 2 aromatic rings. The second-order valence-electron chi connectivity index (χ2n) is 8.39. The van der Waals surface area contributed by atoms with Crippen molar-refractivity contribution < 1.29 is 28.6 Å². The molecule has 1 amide bonds. The number of nitrogens with one attached hydrogen (secondary N) is 1. The molecule has 2 aromatic carbocycles. The molecule has 1 N–H and O–H groups in total. The van der Waals surface area contributed by atoms with E-state index in [2.05, 4.69) is 10.1 Å². The number of alkyl carbamates (subject to hydrolysis) is 1. The Kier molecular flexibility index (Phi) is 9.25. The van der Waals surface area contributed by atoms with E-state index in [1.54, 1.807) is 20.8 Å². The molecule has 0 aromatic heterocycles. The number of esters is 2. The molecule has 0 radical (unpaired) electrons. The van der Waals surface area contributed by atoms with Gasteiger partial charge in [0.2, 0.25) is 0 Å². The molecule has 0 aliphatic rings. The second-order valence-corrected chi connectivity index (χ2v) is 8.39. The summed E-state index contributed by atoms with van der Waals surface area (Å²) in [5.41, 5.74) is 1.97. The minimum atomic E-state index is -0.908. The molecule has 0 bridgehead atoms. The van der Waals surface area contributed by atoms with Gasteiger partial charge in [0, 0.05) is 12.8 Å². The highest BCUT2D eigenvalue weighted by Gasteiger charge is 2.26. The van der Waals surface area contributed by atoms with E-state index in [0.717, 1.165) is 16.7 Å². The molecule has 0 spiro atoms. The molecule has 1 atom stereocenters. The molecule has 0 fully saturated rings. The van der Waals surface area contributed by atoms with Crippen LogP contribution in [-0.2, 0) is 43.2 Å². The Balaban J connectivity index is 2.05. The molecule has 7 nitrogen and oxygen atoms in total. The summed E-state index contributed by atoms with van der Waals surface area (Å²) in [4.78, 5) is 36.4. The predicted molar refractivity (Wildman–Crippen MR) is 120 cm³/mol. The first-order chi connectivity index (χ1) is 15.2. The summed E-state index contributed by atoms with van der Waals surface area (Å²) in [5.74, 6) is -0.814. The monoisotopic (exact) mass is 441 g/mol. The third-order valence-corrected chi connectivity index (χ3v) is 4.51. The highest BCUT2D eigenvalue weighted by molar-refractivity contribution is 5.81. The van der Waals surface area contributed by atoms with Crippen LogP contribution in [0.4, 0.5) is 4.79 Å². The molecule has 0 saturated carbocycles. The number of methoxy groups -OCH3 is 1. The summed E-state index contributed by atoms with van der Waals surface area (Å²) in [6, 6.07) is 15.9. The Bertz CT molecular complexity index is 887. The fourth-order valence-electron chi connectivity index (χ4n) is 2.90. The van der Waals surface area contributed by atoms with E-state index in [1.165, 1.54) is 7.11 Å². The average molecular weight is 442 g/mol. The largest absolute Gasteiger partial charge is 0.469 e. The van der Waals surface area contributed by atoms with Crippen LogP contribution in [0.3, 0.4) is 0 Å². The van der Waals surface area contributed by atoms with Crippen LogP contribution in [0.15, 0.2) is 54.6 Å². The normalized spacial score (nSPS) is 11.9. The summed E-state index contributed by atoms with van der Waals surface area (Å²) in [7, 11) is 1.36. The van der Waals surface area contributed by atoms with Crippen molar-refractivity contribution in [3.8, 4) is 0 Å². The minimum absolute atomic E-state index is 0.110. The van der Waals surface area contributed by atoms with Crippen LogP contribution in [0.1, 0.15) is 43.9 Å². The molecule has 172 valence electrons. The van der Waals surface area contributed by atoms with E-state index in [0.29, 0.717) is 12.8 Å². The summed E-state index contributed by atoms with van der Waals surface area (Å²) in [6.45, 7) is 5.37. The highest BCUT2D eigenvalue weighted by Crippen LogP contribution is 2.12. The third-order valence-electron chi connectivity index (χ3n) is 4.51. The van der Waals surface area contributed by atoms with Crippen molar-refractivity contribution in [1.29, 1.82) is 0 Å². The van der Waals surface area contributed by atoms with Gasteiger partial charge in [0.15, 0.2) is 0 Å². The maximum Gasteiger partial charge on any atom is 0.408 e. The van der Waals surface area contributed by atoms with Crippen LogP contribution in [0.25, 0.3) is 0 Å². The van der Waals surface area contributed by atoms with E-state index in [1.807, 2.05) is 54.6 Å². The van der Waals surface area contributed by atoms with E-state index < -0.39 is 23.7 Å². The van der Waals surface area contributed by atoms with Crippen molar-refractivity contribution in [2.75, 3.05) is 7.11 Å². The van der Waals surface area contributed by atoms with Crippen LogP contribution in [0.2, 0.25) is 0 Å². The molecule has 0 unspecified atom stereocenters. The number of ether oxygens (including phenoxy) is 3. The van der Waals surface area contributed by atoms with Crippen LogP contribution >= 0.6 is 0 Å². The van der Waals surface area contributed by atoms with Gasteiger partial charge >= 0.3 is 18.0 Å². The van der Waals surface area contributed by atoms with Gasteiger partial charge in [0.25, 0.3) is 0 Å². The summed E-state index contributed by atoms with van der Waals surface area (Å²) in [6.07, 6.45) is 0.411. The number of hydrogen-bond donors (Lipinski definition) is 1. The van der Waals surface area contributed by atoms with Crippen molar-refractivity contribution in [3.05, 3.63) is 71.3 Å². The molecule has 0 heterocycles. The number of hydrogen-bond acceptors (Lipinski definition) is 6. The first-order valence-corrected chi connectivity index (χ1v) is 10.5. The first-order valence-electron chi connectivity index (χ1n) is 10.5. The van der Waals surface area contributed by atoms with Crippen molar-refractivity contribution >= 4 is 18.0 Å². The fraction of sp³-hybridized carbons (Fsp3) is 0.400. The molecule has 0 aliphatic carbocycles. The lowest BCUT2D eigenvalue weighted by molar-refractivity contribution is -0.147. The lowest BCUT2D eigenvalue weighted by atomic mass is 10.0. The van der Waals surface area contributed by atoms with Gasteiger partial charge in [-0.25, -0.2) is 9.59 Å². The summed E-state index contributed by atoms with van der Waals surface area (Å²) >= 11 is 0. The smallest absolute Gasteiger partial charge is 0.408 e. The molecular formula is C25H31NO6. The number of carbonyl (C=O) groups excluding carboxylic acids is 3. The predicted octanol–water partition coefficient (Wildman–Crippen LogP) is 3.97. The molecule has 7 heteroatoms. The zero-order valence-corrected chi connectivity index (χ0v) is 19.1. The Hall–Kier alpha value is -3.35. The quantitative estimate of drug-likeness (QED) is 0.468. The van der Waals surface area contributed by atoms with Gasteiger partial charge < -0.3 is 19.5 Å². The van der Waals surface area contributed by atoms with E-state index in [4.69, 9.17) is 9.47 Å². The first kappa shape index (κ1) is 24.9. The molecule has 32 heavy (non-hydrogen) atoms. The maximum absolute atomic E-state index is 12.8. The van der Waals surface area contributed by atoms with E-state index >= 15 is 0 Å². The fourth-order valence-corrected chi connectivity index (χ4v) is 2.90. The lowest BCUT2D eigenvalue weighted by Gasteiger charge is -2.23. The van der Waals surface area contributed by atoms with Crippen molar-refractivity contribution in [3.63, 3.8) is 0 Å². The van der Waals surface area contributed by atoms with Crippen molar-refractivity contribution in [2.45, 2.75) is 58.3 Å². The lowest BCUT2D eigenvalue weighted by Crippen LogP contribution is -2.45. The number of amides is 1. The molecule has 0 saturated heterocycles. The van der Waals surface area contributed by atoms with Gasteiger partial charge in [-0.2, -0.15) is 0 Å². The van der Waals surface area contributed by atoms with Gasteiger partial charge in [0.05, 0.1) is 7.11 Å². The average Bonchev–Trinajstić information content (AvgIpc) is 2.75. The number of benzene rings is 2. The van der Waals surface area contributed by atoms with E-state index in [-0.39, 0.29) is 19.0 Å². The van der Waals surface area contributed by atoms with Gasteiger partial charge in [-0.1, -0.05) is 54.6 Å². The SMILES string of the molecule is COC(=O)CCc1ccc(C[C@H](NC(=O)OC(C)(C)C)C(=O)OCc2ccccc2)cc1. The number of carbonyl (C=O) groups is 3. The Morgan fingerprint density at radius 1 is 0.906 bits per heavy atom. The van der Waals surface area contributed by atoms with Gasteiger partial charge in [-0.15, -0.1) is 0 Å². The van der Waals surface area contributed by atoms with Gasteiger partial charge in [0.1, 0.15) is 18.2 Å². The highest BCUT2D eigenvalue weighted by atomic mass is 16.6. The van der Waals surface area contributed by atoms with Gasteiger partial charge in [-0.3, -0.25) is 4.79 Å². The minimum Gasteiger partial charge on any atom is -0.469 e. The van der Waals surface area contributed by atoms with E-state index in [9.17, 15) is 14.4 Å². The summed E-state index contributed by atoms with van der Waals surface area (Å²) < 4.78 is 15.4.